The Kier molecular flexibility index (Phi) is 7.87. The number of likely N-dealkylation sites (tertiary alicyclic amines) is 1. The van der Waals surface area contributed by atoms with Crippen LogP contribution < -0.4 is 10.6 Å². The van der Waals surface area contributed by atoms with Crippen LogP contribution >= 0.6 is 0 Å². The highest BCUT2D eigenvalue weighted by atomic mass is 15.2. The molecule has 1 unspecified atom stereocenters. The molecule has 1 heterocycles. The lowest BCUT2D eigenvalue weighted by atomic mass is 10.0. The van der Waals surface area contributed by atoms with Gasteiger partial charge in [-0.15, -0.1) is 0 Å². The Morgan fingerprint density at radius 2 is 2.11 bits per heavy atom. The van der Waals surface area contributed by atoms with Gasteiger partial charge in [0, 0.05) is 26.2 Å². The molecule has 4 heteroatoms. The summed E-state index contributed by atoms with van der Waals surface area (Å²) < 4.78 is 0. The molecule has 1 aliphatic rings. The van der Waals surface area contributed by atoms with Crippen LogP contribution in [-0.2, 0) is 0 Å². The van der Waals surface area contributed by atoms with Crippen molar-refractivity contribution >= 4 is 5.96 Å². The summed E-state index contributed by atoms with van der Waals surface area (Å²) in [4.78, 5) is 6.88. The number of nitrogens with zero attached hydrogens (tertiary/aromatic N) is 2. The summed E-state index contributed by atoms with van der Waals surface area (Å²) >= 11 is 0. The maximum Gasteiger partial charge on any atom is 0.191 e. The highest BCUT2D eigenvalue weighted by molar-refractivity contribution is 5.79. The van der Waals surface area contributed by atoms with Gasteiger partial charge in [-0.3, -0.25) is 9.89 Å². The predicted molar refractivity (Wildman–Crippen MR) is 83.7 cm³/mol. The molecule has 1 atom stereocenters. The minimum absolute atomic E-state index is 0.669. The number of guanidine groups is 1. The van der Waals surface area contributed by atoms with Crippen LogP contribution in [0.3, 0.4) is 0 Å². The van der Waals surface area contributed by atoms with E-state index in [1.165, 1.54) is 32.2 Å². The number of nitrogens with one attached hydrogen (secondary N) is 2. The van der Waals surface area contributed by atoms with Crippen molar-refractivity contribution < 1.29 is 0 Å². The second kappa shape index (κ2) is 9.18. The predicted octanol–water partition coefficient (Wildman–Crippen LogP) is 2.07. The summed E-state index contributed by atoms with van der Waals surface area (Å²) in [5.41, 5.74) is 0. The van der Waals surface area contributed by atoms with E-state index in [1.807, 2.05) is 7.05 Å². The van der Waals surface area contributed by atoms with Gasteiger partial charge in [0.2, 0.25) is 0 Å². The van der Waals surface area contributed by atoms with Gasteiger partial charge in [0.05, 0.1) is 0 Å². The zero-order valence-electron chi connectivity index (χ0n) is 13.2. The van der Waals surface area contributed by atoms with Gasteiger partial charge in [0.1, 0.15) is 0 Å². The van der Waals surface area contributed by atoms with E-state index >= 15 is 0 Å². The first kappa shape index (κ1) is 16.3. The van der Waals surface area contributed by atoms with E-state index < -0.39 is 0 Å². The van der Waals surface area contributed by atoms with Crippen LogP contribution in [0.15, 0.2) is 4.99 Å². The summed E-state index contributed by atoms with van der Waals surface area (Å²) in [6.45, 7) is 11.2. The van der Waals surface area contributed by atoms with Crippen LogP contribution in [0, 0.1) is 5.92 Å². The van der Waals surface area contributed by atoms with Gasteiger partial charge in [0.15, 0.2) is 5.96 Å². The lowest BCUT2D eigenvalue weighted by molar-refractivity contribution is 0.157. The Morgan fingerprint density at radius 1 is 1.32 bits per heavy atom. The van der Waals surface area contributed by atoms with E-state index in [2.05, 4.69) is 41.3 Å². The fourth-order valence-electron chi connectivity index (χ4n) is 2.62. The second-order valence-electron chi connectivity index (χ2n) is 5.84. The van der Waals surface area contributed by atoms with E-state index in [-0.39, 0.29) is 0 Å². The zero-order chi connectivity index (χ0) is 14.1. The molecule has 0 aromatic rings. The van der Waals surface area contributed by atoms with E-state index in [4.69, 9.17) is 0 Å². The Balaban J connectivity index is 2.27. The van der Waals surface area contributed by atoms with Gasteiger partial charge in [0.25, 0.3) is 0 Å². The average molecular weight is 268 g/mol. The minimum Gasteiger partial charge on any atom is -0.356 e. The van der Waals surface area contributed by atoms with Gasteiger partial charge in [-0.1, -0.05) is 27.2 Å². The summed E-state index contributed by atoms with van der Waals surface area (Å²) in [6, 6.07) is 0.669. The van der Waals surface area contributed by atoms with Crippen molar-refractivity contribution in [3.05, 3.63) is 0 Å². The van der Waals surface area contributed by atoms with Gasteiger partial charge in [-0.25, -0.2) is 0 Å². The molecular formula is C15H32N4. The molecule has 0 aromatic heterocycles. The van der Waals surface area contributed by atoms with E-state index in [0.717, 1.165) is 31.5 Å². The minimum atomic E-state index is 0.669. The zero-order valence-corrected chi connectivity index (χ0v) is 13.2. The quantitative estimate of drug-likeness (QED) is 0.572. The van der Waals surface area contributed by atoms with Crippen LogP contribution in [0.2, 0.25) is 0 Å². The number of rotatable bonds is 6. The third kappa shape index (κ3) is 6.28. The molecule has 2 N–H and O–H groups in total. The van der Waals surface area contributed by atoms with Crippen molar-refractivity contribution in [3.8, 4) is 0 Å². The summed E-state index contributed by atoms with van der Waals surface area (Å²) in [6.07, 6.45) is 5.21. The number of piperidine rings is 1. The van der Waals surface area contributed by atoms with Crippen molar-refractivity contribution in [2.24, 2.45) is 10.9 Å². The standard InChI is InChI=1S/C15H32N4/c1-5-19-11-7-6-8-14(19)12-18-15(16-4)17-10-9-13(2)3/h13-14H,5-12H2,1-4H3,(H2,16,17,18). The maximum absolute atomic E-state index is 4.30. The maximum atomic E-state index is 4.30. The third-order valence-corrected chi connectivity index (χ3v) is 3.90. The molecule has 1 fully saturated rings. The summed E-state index contributed by atoms with van der Waals surface area (Å²) in [5, 5.41) is 6.87. The van der Waals surface area contributed by atoms with Gasteiger partial charge in [-0.05, 0) is 38.3 Å². The third-order valence-electron chi connectivity index (χ3n) is 3.90. The largest absolute Gasteiger partial charge is 0.356 e. The van der Waals surface area contributed by atoms with Crippen LogP contribution in [0.4, 0.5) is 0 Å². The topological polar surface area (TPSA) is 39.7 Å². The molecule has 0 bridgehead atoms. The number of likely N-dealkylation sites (N-methyl/N-ethyl adjacent to an activating group) is 1. The highest BCUT2D eigenvalue weighted by Gasteiger charge is 2.20. The molecule has 0 amide bonds. The summed E-state index contributed by atoms with van der Waals surface area (Å²) in [7, 11) is 1.85. The molecule has 1 aliphatic heterocycles. The molecule has 112 valence electrons. The SMILES string of the molecule is CCN1CCCCC1CNC(=NC)NCCC(C)C. The molecule has 4 nitrogen and oxygen atoms in total. The molecule has 1 saturated heterocycles. The van der Waals surface area contributed by atoms with Crippen molar-refractivity contribution in [2.75, 3.05) is 33.2 Å². The Morgan fingerprint density at radius 3 is 2.74 bits per heavy atom. The van der Waals surface area contributed by atoms with Crippen molar-refractivity contribution in [3.63, 3.8) is 0 Å². The highest BCUT2D eigenvalue weighted by Crippen LogP contribution is 2.15. The fourth-order valence-corrected chi connectivity index (χ4v) is 2.62. The Labute approximate surface area is 119 Å². The molecule has 0 aromatic carbocycles. The lowest BCUT2D eigenvalue weighted by Crippen LogP contribution is -2.49. The molecule has 0 spiro atoms. The van der Waals surface area contributed by atoms with E-state index in [1.54, 1.807) is 0 Å². The number of hydrogen-bond donors (Lipinski definition) is 2. The smallest absolute Gasteiger partial charge is 0.191 e. The normalized spacial score (nSPS) is 21.7. The fraction of sp³-hybridized carbons (Fsp3) is 0.933. The molecule has 1 rings (SSSR count). The van der Waals surface area contributed by atoms with Crippen LogP contribution in [-0.4, -0.2) is 50.1 Å². The first-order chi connectivity index (χ1) is 9.17. The summed E-state index contributed by atoms with van der Waals surface area (Å²) in [5.74, 6) is 1.68. The molecule has 0 aliphatic carbocycles. The van der Waals surface area contributed by atoms with Crippen molar-refractivity contribution in [1.29, 1.82) is 0 Å². The molecule has 0 saturated carbocycles. The van der Waals surface area contributed by atoms with Crippen molar-refractivity contribution in [1.82, 2.24) is 15.5 Å². The van der Waals surface area contributed by atoms with Crippen molar-refractivity contribution in [2.45, 2.75) is 52.5 Å². The van der Waals surface area contributed by atoms with Gasteiger partial charge >= 0.3 is 0 Å². The van der Waals surface area contributed by atoms with Gasteiger partial charge < -0.3 is 10.6 Å². The average Bonchev–Trinajstić information content (AvgIpc) is 2.42. The molecular weight excluding hydrogens is 236 g/mol. The van der Waals surface area contributed by atoms with Crippen LogP contribution in [0.5, 0.6) is 0 Å². The number of hydrogen-bond acceptors (Lipinski definition) is 2. The first-order valence-corrected chi connectivity index (χ1v) is 7.86. The monoisotopic (exact) mass is 268 g/mol. The Hall–Kier alpha value is -0.770. The van der Waals surface area contributed by atoms with Crippen LogP contribution in [0.1, 0.15) is 46.5 Å². The van der Waals surface area contributed by atoms with Gasteiger partial charge in [-0.2, -0.15) is 0 Å². The van der Waals surface area contributed by atoms with E-state index in [9.17, 15) is 0 Å². The number of aliphatic imine (C=N–C) groups is 1. The second-order valence-corrected chi connectivity index (χ2v) is 5.84. The molecule has 19 heavy (non-hydrogen) atoms. The van der Waals surface area contributed by atoms with E-state index in [0.29, 0.717) is 6.04 Å². The van der Waals surface area contributed by atoms with Crippen LogP contribution in [0.25, 0.3) is 0 Å². The lowest BCUT2D eigenvalue weighted by Gasteiger charge is -2.35. The molecule has 0 radical (unpaired) electrons. The first-order valence-electron chi connectivity index (χ1n) is 7.86. The Bertz CT molecular complexity index is 263.